The summed E-state index contributed by atoms with van der Waals surface area (Å²) in [6.45, 7) is 0. The first-order valence-corrected chi connectivity index (χ1v) is 6.84. The van der Waals surface area contributed by atoms with E-state index in [1.54, 1.807) is 6.08 Å². The predicted octanol–water partition coefficient (Wildman–Crippen LogP) is 2.26. The molecule has 4 heteroatoms. The van der Waals surface area contributed by atoms with Gasteiger partial charge >= 0.3 is 0 Å². The Morgan fingerprint density at radius 1 is 1.29 bits per heavy atom. The van der Waals surface area contributed by atoms with Crippen molar-refractivity contribution in [1.82, 2.24) is 0 Å². The van der Waals surface area contributed by atoms with Crippen LogP contribution in [0.4, 0.5) is 0 Å². The Morgan fingerprint density at radius 2 is 2.07 bits per heavy atom. The lowest BCUT2D eigenvalue weighted by molar-refractivity contribution is 0.603. The van der Waals surface area contributed by atoms with Gasteiger partial charge in [-0.3, -0.25) is 0 Å². The van der Waals surface area contributed by atoms with Gasteiger partial charge in [0.15, 0.2) is 9.84 Å². The molecule has 0 aromatic heterocycles. The van der Waals surface area contributed by atoms with E-state index in [4.69, 9.17) is 0 Å². The SMILES string of the molecule is O=S1(=O)CC=C(c2cccc(Br)c2)C1. The lowest BCUT2D eigenvalue weighted by atomic mass is 10.1. The second-order valence-corrected chi connectivity index (χ2v) is 6.32. The van der Waals surface area contributed by atoms with Crippen molar-refractivity contribution in [1.29, 1.82) is 0 Å². The van der Waals surface area contributed by atoms with Crippen LogP contribution in [0.3, 0.4) is 0 Å². The summed E-state index contributed by atoms with van der Waals surface area (Å²) in [4.78, 5) is 0. The molecule has 0 amide bonds. The lowest BCUT2D eigenvalue weighted by Gasteiger charge is -2.01. The Bertz CT molecular complexity index is 489. The van der Waals surface area contributed by atoms with Gasteiger partial charge in [-0.05, 0) is 23.3 Å². The molecule has 0 aliphatic carbocycles. The number of halogens is 1. The zero-order valence-corrected chi connectivity index (χ0v) is 9.81. The van der Waals surface area contributed by atoms with Crippen LogP contribution in [0.1, 0.15) is 5.56 Å². The van der Waals surface area contributed by atoms with Crippen molar-refractivity contribution < 1.29 is 8.42 Å². The van der Waals surface area contributed by atoms with Gasteiger partial charge in [0, 0.05) is 4.47 Å². The maximum atomic E-state index is 11.2. The summed E-state index contributed by atoms with van der Waals surface area (Å²) in [5.41, 5.74) is 1.90. The van der Waals surface area contributed by atoms with Gasteiger partial charge in [-0.2, -0.15) is 0 Å². The molecule has 0 unspecified atom stereocenters. The number of sulfone groups is 1. The van der Waals surface area contributed by atoms with Crippen LogP contribution in [0.25, 0.3) is 5.57 Å². The molecule has 0 spiro atoms. The van der Waals surface area contributed by atoms with Gasteiger partial charge in [0.25, 0.3) is 0 Å². The Hall–Kier alpha value is -0.610. The Labute approximate surface area is 91.7 Å². The minimum atomic E-state index is -2.86. The van der Waals surface area contributed by atoms with E-state index in [1.165, 1.54) is 0 Å². The average Bonchev–Trinajstić information content (AvgIpc) is 2.46. The van der Waals surface area contributed by atoms with Gasteiger partial charge < -0.3 is 0 Å². The topological polar surface area (TPSA) is 34.1 Å². The molecule has 1 aromatic carbocycles. The van der Waals surface area contributed by atoms with Crippen molar-refractivity contribution in [2.75, 3.05) is 11.5 Å². The second kappa shape index (κ2) is 3.51. The third kappa shape index (κ3) is 2.07. The summed E-state index contributed by atoms with van der Waals surface area (Å²) < 4.78 is 23.4. The molecule has 0 saturated carbocycles. The van der Waals surface area contributed by atoms with Gasteiger partial charge in [-0.15, -0.1) is 0 Å². The minimum Gasteiger partial charge on any atom is -0.228 e. The zero-order chi connectivity index (χ0) is 10.2. The quantitative estimate of drug-likeness (QED) is 0.786. The molecule has 0 saturated heterocycles. The van der Waals surface area contributed by atoms with E-state index in [0.717, 1.165) is 15.6 Å². The van der Waals surface area contributed by atoms with E-state index in [1.807, 2.05) is 24.3 Å². The molecule has 0 N–H and O–H groups in total. The van der Waals surface area contributed by atoms with Crippen LogP contribution >= 0.6 is 15.9 Å². The van der Waals surface area contributed by atoms with E-state index < -0.39 is 9.84 Å². The summed E-state index contributed by atoms with van der Waals surface area (Å²) in [6.07, 6.45) is 1.79. The number of hydrogen-bond donors (Lipinski definition) is 0. The molecule has 1 aromatic rings. The van der Waals surface area contributed by atoms with Gasteiger partial charge in [-0.25, -0.2) is 8.42 Å². The molecular formula is C10H9BrO2S. The van der Waals surface area contributed by atoms with Crippen LogP contribution in [0.2, 0.25) is 0 Å². The molecule has 0 radical (unpaired) electrons. The van der Waals surface area contributed by atoms with Crippen molar-refractivity contribution in [3.8, 4) is 0 Å². The third-order valence-corrected chi connectivity index (χ3v) is 4.07. The van der Waals surface area contributed by atoms with Crippen molar-refractivity contribution in [3.05, 3.63) is 40.4 Å². The lowest BCUT2D eigenvalue weighted by Crippen LogP contribution is -2.02. The summed E-state index contributed by atoms with van der Waals surface area (Å²) in [5, 5.41) is 0. The van der Waals surface area contributed by atoms with Crippen molar-refractivity contribution in [3.63, 3.8) is 0 Å². The first-order chi connectivity index (χ1) is 6.57. The molecule has 14 heavy (non-hydrogen) atoms. The van der Waals surface area contributed by atoms with Crippen LogP contribution in [-0.2, 0) is 9.84 Å². The smallest absolute Gasteiger partial charge is 0.158 e. The van der Waals surface area contributed by atoms with Crippen LogP contribution in [0.15, 0.2) is 34.8 Å². The van der Waals surface area contributed by atoms with Gasteiger partial charge in [-0.1, -0.05) is 34.1 Å². The fourth-order valence-electron chi connectivity index (χ4n) is 1.47. The summed E-state index contributed by atoms with van der Waals surface area (Å²) in [6, 6.07) is 7.70. The van der Waals surface area contributed by atoms with E-state index in [0.29, 0.717) is 0 Å². The van der Waals surface area contributed by atoms with Crippen LogP contribution < -0.4 is 0 Å². The summed E-state index contributed by atoms with van der Waals surface area (Å²) >= 11 is 3.36. The van der Waals surface area contributed by atoms with Gasteiger partial charge in [0.2, 0.25) is 0 Å². The molecule has 1 aliphatic rings. The normalized spacial score (nSPS) is 19.4. The molecule has 0 atom stereocenters. The maximum absolute atomic E-state index is 11.2. The fourth-order valence-corrected chi connectivity index (χ4v) is 3.20. The third-order valence-electron chi connectivity index (χ3n) is 2.15. The maximum Gasteiger partial charge on any atom is 0.158 e. The predicted molar refractivity (Wildman–Crippen MR) is 60.8 cm³/mol. The Balaban J connectivity index is 2.35. The first-order valence-electron chi connectivity index (χ1n) is 4.22. The van der Waals surface area contributed by atoms with Crippen LogP contribution in [-0.4, -0.2) is 19.9 Å². The Morgan fingerprint density at radius 3 is 2.64 bits per heavy atom. The Kier molecular flexibility index (Phi) is 2.49. The van der Waals surface area contributed by atoms with Crippen LogP contribution in [0, 0.1) is 0 Å². The molecule has 0 bridgehead atoms. The highest BCUT2D eigenvalue weighted by molar-refractivity contribution is 9.10. The second-order valence-electron chi connectivity index (χ2n) is 3.29. The highest BCUT2D eigenvalue weighted by Gasteiger charge is 2.20. The standard InChI is InChI=1S/C10H9BrO2S/c11-10-3-1-2-8(6-10)9-4-5-14(12,13)7-9/h1-4,6H,5,7H2. The number of rotatable bonds is 1. The summed E-state index contributed by atoms with van der Waals surface area (Å²) in [5.74, 6) is 0.346. The average molecular weight is 273 g/mol. The van der Waals surface area contributed by atoms with Crippen LogP contribution in [0.5, 0.6) is 0 Å². The van der Waals surface area contributed by atoms with Crippen molar-refractivity contribution in [2.45, 2.75) is 0 Å². The molecule has 2 rings (SSSR count). The van der Waals surface area contributed by atoms with E-state index in [-0.39, 0.29) is 11.5 Å². The molecule has 2 nitrogen and oxygen atoms in total. The fraction of sp³-hybridized carbons (Fsp3) is 0.200. The molecular weight excluding hydrogens is 264 g/mol. The molecule has 0 fully saturated rings. The molecule has 1 aliphatic heterocycles. The minimum absolute atomic E-state index is 0.170. The largest absolute Gasteiger partial charge is 0.228 e. The van der Waals surface area contributed by atoms with Crippen molar-refractivity contribution >= 4 is 31.3 Å². The van der Waals surface area contributed by atoms with Gasteiger partial charge in [0.05, 0.1) is 11.5 Å². The molecule has 1 heterocycles. The number of benzene rings is 1. The van der Waals surface area contributed by atoms with E-state index in [9.17, 15) is 8.42 Å². The van der Waals surface area contributed by atoms with Crippen molar-refractivity contribution in [2.24, 2.45) is 0 Å². The van der Waals surface area contributed by atoms with E-state index in [2.05, 4.69) is 15.9 Å². The monoisotopic (exact) mass is 272 g/mol. The first kappa shape index (κ1) is 9.93. The highest BCUT2D eigenvalue weighted by Crippen LogP contribution is 2.24. The van der Waals surface area contributed by atoms with E-state index >= 15 is 0 Å². The van der Waals surface area contributed by atoms with Gasteiger partial charge in [0.1, 0.15) is 0 Å². The highest BCUT2D eigenvalue weighted by atomic mass is 79.9. The number of hydrogen-bond acceptors (Lipinski definition) is 2. The molecule has 74 valence electrons. The zero-order valence-electron chi connectivity index (χ0n) is 7.40. The summed E-state index contributed by atoms with van der Waals surface area (Å²) in [7, 11) is -2.86.